The Balaban J connectivity index is 2.64. The van der Waals surface area contributed by atoms with Gasteiger partial charge in [-0.3, -0.25) is 0 Å². The summed E-state index contributed by atoms with van der Waals surface area (Å²) in [5.41, 5.74) is 2.58. The van der Waals surface area contributed by atoms with Gasteiger partial charge in [0.05, 0.1) is 15.6 Å². The number of carboxylic acids is 1. The fourth-order valence-electron chi connectivity index (χ4n) is 1.79. The molecule has 0 heterocycles. The Hall–Kier alpha value is -1.51. The zero-order valence-corrected chi connectivity index (χ0v) is 11.1. The largest absolute Gasteiger partial charge is 0.478 e. The third kappa shape index (κ3) is 2.50. The van der Waals surface area contributed by atoms with E-state index in [2.05, 4.69) is 0 Å². The number of aryl methyl sites for hydroxylation is 1. The van der Waals surface area contributed by atoms with E-state index in [0.717, 1.165) is 16.7 Å². The molecule has 0 atom stereocenters. The molecule has 0 aliphatic heterocycles. The van der Waals surface area contributed by atoms with Crippen molar-refractivity contribution >= 4 is 29.2 Å². The van der Waals surface area contributed by atoms with Crippen LogP contribution in [-0.2, 0) is 0 Å². The number of carboxylic acid groups (broad SMARTS) is 1. The average molecular weight is 281 g/mol. The normalized spacial score (nSPS) is 10.4. The predicted octanol–water partition coefficient (Wildman–Crippen LogP) is 4.67. The molecule has 0 radical (unpaired) electrons. The minimum atomic E-state index is -0.960. The van der Waals surface area contributed by atoms with Crippen molar-refractivity contribution in [3.63, 3.8) is 0 Å². The molecule has 2 rings (SSSR count). The van der Waals surface area contributed by atoms with E-state index < -0.39 is 5.97 Å². The molecule has 0 amide bonds. The van der Waals surface area contributed by atoms with E-state index in [1.165, 1.54) is 0 Å². The second-order valence-corrected chi connectivity index (χ2v) is 4.78. The van der Waals surface area contributed by atoms with E-state index in [-0.39, 0.29) is 5.56 Å². The molecule has 0 fully saturated rings. The molecular formula is C14H10Cl2O2. The highest BCUT2D eigenvalue weighted by molar-refractivity contribution is 6.43. The van der Waals surface area contributed by atoms with Gasteiger partial charge in [-0.25, -0.2) is 4.79 Å². The molecule has 2 nitrogen and oxygen atoms in total. The standard InChI is InChI=1S/C14H10Cl2O2/c1-8-5-9(7-10(6-8)14(17)18)11-3-2-4-12(15)13(11)16/h2-7H,1H3,(H,17,18). The summed E-state index contributed by atoms with van der Waals surface area (Å²) in [7, 11) is 0. The summed E-state index contributed by atoms with van der Waals surface area (Å²) in [6.07, 6.45) is 0. The predicted molar refractivity (Wildman–Crippen MR) is 73.6 cm³/mol. The Morgan fingerprint density at radius 2 is 1.89 bits per heavy atom. The van der Waals surface area contributed by atoms with Crippen molar-refractivity contribution in [1.82, 2.24) is 0 Å². The summed E-state index contributed by atoms with van der Waals surface area (Å²) in [6.45, 7) is 1.84. The van der Waals surface area contributed by atoms with Crippen molar-refractivity contribution in [3.05, 3.63) is 57.6 Å². The number of hydrogen-bond acceptors (Lipinski definition) is 1. The number of halogens is 2. The van der Waals surface area contributed by atoms with E-state index in [4.69, 9.17) is 28.3 Å². The van der Waals surface area contributed by atoms with E-state index in [1.807, 2.05) is 19.1 Å². The highest BCUT2D eigenvalue weighted by atomic mass is 35.5. The van der Waals surface area contributed by atoms with Crippen LogP contribution in [0.1, 0.15) is 15.9 Å². The first-order valence-electron chi connectivity index (χ1n) is 5.28. The minimum Gasteiger partial charge on any atom is -0.478 e. The van der Waals surface area contributed by atoms with Crippen LogP contribution >= 0.6 is 23.2 Å². The summed E-state index contributed by atoms with van der Waals surface area (Å²) in [4.78, 5) is 11.0. The molecule has 0 saturated carbocycles. The number of benzene rings is 2. The van der Waals surface area contributed by atoms with Crippen LogP contribution in [0.5, 0.6) is 0 Å². The van der Waals surface area contributed by atoms with Crippen LogP contribution in [-0.4, -0.2) is 11.1 Å². The first kappa shape index (κ1) is 12.9. The lowest BCUT2D eigenvalue weighted by molar-refractivity contribution is 0.0697. The van der Waals surface area contributed by atoms with Gasteiger partial charge in [-0.1, -0.05) is 41.4 Å². The Labute approximate surface area is 115 Å². The van der Waals surface area contributed by atoms with Gasteiger partial charge >= 0.3 is 5.97 Å². The minimum absolute atomic E-state index is 0.237. The zero-order valence-electron chi connectivity index (χ0n) is 9.58. The van der Waals surface area contributed by atoms with E-state index in [1.54, 1.807) is 24.3 Å². The van der Waals surface area contributed by atoms with Crippen LogP contribution < -0.4 is 0 Å². The molecule has 1 N–H and O–H groups in total. The smallest absolute Gasteiger partial charge is 0.335 e. The third-order valence-electron chi connectivity index (χ3n) is 2.59. The van der Waals surface area contributed by atoms with Crippen molar-refractivity contribution in [1.29, 1.82) is 0 Å². The van der Waals surface area contributed by atoms with Crippen molar-refractivity contribution in [2.24, 2.45) is 0 Å². The molecule has 0 unspecified atom stereocenters. The fraction of sp³-hybridized carbons (Fsp3) is 0.0714. The first-order valence-corrected chi connectivity index (χ1v) is 6.04. The molecule has 18 heavy (non-hydrogen) atoms. The maximum absolute atomic E-state index is 11.0. The SMILES string of the molecule is Cc1cc(C(=O)O)cc(-c2cccc(Cl)c2Cl)c1. The Bertz CT molecular complexity index is 621. The summed E-state index contributed by atoms with van der Waals surface area (Å²) in [6, 6.07) is 10.4. The van der Waals surface area contributed by atoms with Crippen LogP contribution in [0.25, 0.3) is 11.1 Å². The molecule has 4 heteroatoms. The lowest BCUT2D eigenvalue weighted by Crippen LogP contribution is -1.97. The average Bonchev–Trinajstić information content (AvgIpc) is 2.31. The second-order valence-electron chi connectivity index (χ2n) is 3.99. The molecule has 0 spiro atoms. The van der Waals surface area contributed by atoms with Crippen molar-refractivity contribution < 1.29 is 9.90 Å². The lowest BCUT2D eigenvalue weighted by Gasteiger charge is -2.08. The molecule has 0 aliphatic carbocycles. The fourth-order valence-corrected chi connectivity index (χ4v) is 2.20. The van der Waals surface area contributed by atoms with Gasteiger partial charge < -0.3 is 5.11 Å². The number of rotatable bonds is 2. The van der Waals surface area contributed by atoms with E-state index in [0.29, 0.717) is 10.0 Å². The molecule has 0 aliphatic rings. The quantitative estimate of drug-likeness (QED) is 0.868. The first-order chi connectivity index (χ1) is 8.49. The highest BCUT2D eigenvalue weighted by Gasteiger charge is 2.10. The summed E-state index contributed by atoms with van der Waals surface area (Å²) < 4.78 is 0. The van der Waals surface area contributed by atoms with Crippen molar-refractivity contribution in [3.8, 4) is 11.1 Å². The summed E-state index contributed by atoms with van der Waals surface area (Å²) in [5.74, 6) is -0.960. The molecular weight excluding hydrogens is 271 g/mol. The Morgan fingerprint density at radius 1 is 1.17 bits per heavy atom. The monoisotopic (exact) mass is 280 g/mol. The molecule has 0 aromatic heterocycles. The summed E-state index contributed by atoms with van der Waals surface area (Å²) in [5, 5.41) is 9.93. The van der Waals surface area contributed by atoms with Gasteiger partial charge in [0, 0.05) is 5.56 Å². The van der Waals surface area contributed by atoms with Crippen LogP contribution in [0.15, 0.2) is 36.4 Å². The van der Waals surface area contributed by atoms with Crippen LogP contribution in [0, 0.1) is 6.92 Å². The topological polar surface area (TPSA) is 37.3 Å². The van der Waals surface area contributed by atoms with E-state index in [9.17, 15) is 4.79 Å². The number of hydrogen-bond donors (Lipinski definition) is 1. The second kappa shape index (κ2) is 5.01. The molecule has 92 valence electrons. The van der Waals surface area contributed by atoms with Crippen molar-refractivity contribution in [2.75, 3.05) is 0 Å². The molecule has 2 aromatic rings. The molecule has 2 aromatic carbocycles. The lowest BCUT2D eigenvalue weighted by atomic mass is 10.0. The van der Waals surface area contributed by atoms with Gasteiger partial charge in [0.25, 0.3) is 0 Å². The van der Waals surface area contributed by atoms with Crippen LogP contribution in [0.2, 0.25) is 10.0 Å². The van der Waals surface area contributed by atoms with Gasteiger partial charge in [0.2, 0.25) is 0 Å². The number of aromatic carboxylic acids is 1. The Kier molecular flexibility index (Phi) is 3.60. The number of carbonyl (C=O) groups is 1. The summed E-state index contributed by atoms with van der Waals surface area (Å²) >= 11 is 12.1. The van der Waals surface area contributed by atoms with Gasteiger partial charge in [0.1, 0.15) is 0 Å². The maximum Gasteiger partial charge on any atom is 0.335 e. The Morgan fingerprint density at radius 3 is 2.56 bits per heavy atom. The van der Waals surface area contributed by atoms with E-state index >= 15 is 0 Å². The van der Waals surface area contributed by atoms with Crippen LogP contribution in [0.4, 0.5) is 0 Å². The van der Waals surface area contributed by atoms with Gasteiger partial charge in [-0.15, -0.1) is 0 Å². The third-order valence-corrected chi connectivity index (χ3v) is 3.41. The van der Waals surface area contributed by atoms with Crippen LogP contribution in [0.3, 0.4) is 0 Å². The highest BCUT2D eigenvalue weighted by Crippen LogP contribution is 2.34. The van der Waals surface area contributed by atoms with Gasteiger partial charge in [0.15, 0.2) is 0 Å². The van der Waals surface area contributed by atoms with Gasteiger partial charge in [-0.05, 0) is 36.2 Å². The zero-order chi connectivity index (χ0) is 13.3. The molecule has 0 saturated heterocycles. The van der Waals surface area contributed by atoms with Gasteiger partial charge in [-0.2, -0.15) is 0 Å². The molecule has 0 bridgehead atoms. The van der Waals surface area contributed by atoms with Crippen molar-refractivity contribution in [2.45, 2.75) is 6.92 Å². The maximum atomic E-state index is 11.0.